The number of allylic oxidation sites excluding steroid dienone is 5. The van der Waals surface area contributed by atoms with Crippen LogP contribution in [0.2, 0.25) is 0 Å². The highest BCUT2D eigenvalue weighted by Gasteiger charge is 2.84. The summed E-state index contributed by atoms with van der Waals surface area (Å²) in [4.78, 5) is 28.4. The number of benzene rings is 1. The molecule has 5 N–H and O–H groups in total. The van der Waals surface area contributed by atoms with E-state index in [0.29, 0.717) is 52.5 Å². The molecule has 4 heterocycles. The van der Waals surface area contributed by atoms with Crippen molar-refractivity contribution in [2.24, 2.45) is 23.5 Å². The maximum absolute atomic E-state index is 15.3. The number of fused-ring (bicyclic) bond motifs is 3. The summed E-state index contributed by atoms with van der Waals surface area (Å²) in [5.74, 6) is -0.283. The van der Waals surface area contributed by atoms with Gasteiger partial charge < -0.3 is 40.4 Å². The molecule has 4 bridgehead atoms. The van der Waals surface area contributed by atoms with Gasteiger partial charge in [0, 0.05) is 47.4 Å². The SMILES string of the molecule is CC(C)=CCCC1(C)C=Cc2c(c(CC=C(C)C)c3c(c2OCBr)C2=C4C(C(C#N)=C(N)N2)C2CC5C(C)(C)OC(C/C=C(/C)C(=O)NCCO)(C2=O)C45O3)O1. The summed E-state index contributed by atoms with van der Waals surface area (Å²) in [6.07, 6.45) is 12.7. The molecule has 1 aromatic rings. The van der Waals surface area contributed by atoms with Gasteiger partial charge in [-0.2, -0.15) is 5.26 Å². The minimum absolute atomic E-state index is 0.0429. The smallest absolute Gasteiger partial charge is 0.246 e. The van der Waals surface area contributed by atoms with Gasteiger partial charge in [-0.15, -0.1) is 0 Å². The topological polar surface area (TPSA) is 165 Å². The van der Waals surface area contributed by atoms with E-state index in [1.807, 2.05) is 27.7 Å². The van der Waals surface area contributed by atoms with Crippen molar-refractivity contribution in [3.8, 4) is 23.3 Å². The first-order chi connectivity index (χ1) is 26.5. The number of nitrogens with zero attached hydrogens (tertiary/aromatic N) is 1. The number of halogens is 1. The van der Waals surface area contributed by atoms with E-state index in [1.165, 1.54) is 5.57 Å². The molecule has 0 aromatic heterocycles. The summed E-state index contributed by atoms with van der Waals surface area (Å²) in [7, 11) is 0. The number of hydrogen-bond donors (Lipinski definition) is 4. The number of carbonyl (C=O) groups excluding carboxylic acids is 2. The number of nitriles is 1. The first-order valence-corrected chi connectivity index (χ1v) is 20.6. The van der Waals surface area contributed by atoms with Gasteiger partial charge in [0.25, 0.3) is 0 Å². The fourth-order valence-corrected chi connectivity index (χ4v) is 10.2. The number of ether oxygens (including phenoxy) is 4. The second-order valence-electron chi connectivity index (χ2n) is 17.1. The molecule has 298 valence electrons. The van der Waals surface area contributed by atoms with Crippen molar-refractivity contribution in [3.63, 3.8) is 0 Å². The van der Waals surface area contributed by atoms with Gasteiger partial charge in [0.15, 0.2) is 17.0 Å². The first-order valence-electron chi connectivity index (χ1n) is 19.5. The van der Waals surface area contributed by atoms with Gasteiger partial charge in [0.1, 0.15) is 34.2 Å². The fourth-order valence-electron chi connectivity index (χ4n) is 10.0. The molecule has 1 aromatic carbocycles. The molecule has 6 unspecified atom stereocenters. The molecule has 0 radical (unpaired) electrons. The van der Waals surface area contributed by atoms with Crippen LogP contribution in [-0.2, 0) is 20.7 Å². The van der Waals surface area contributed by atoms with Crippen LogP contribution in [0.1, 0.15) is 97.8 Å². The molecule has 1 spiro atoms. The monoisotopic (exact) mass is 828 g/mol. The van der Waals surface area contributed by atoms with Gasteiger partial charge in [-0.25, -0.2) is 0 Å². The van der Waals surface area contributed by atoms with E-state index < -0.39 is 34.2 Å². The van der Waals surface area contributed by atoms with Gasteiger partial charge in [-0.3, -0.25) is 9.59 Å². The lowest BCUT2D eigenvalue weighted by molar-refractivity contribution is -0.181. The van der Waals surface area contributed by atoms with Crippen molar-refractivity contribution in [1.29, 1.82) is 5.26 Å². The zero-order valence-corrected chi connectivity index (χ0v) is 35.2. The average Bonchev–Trinajstić information content (AvgIpc) is 3.28. The van der Waals surface area contributed by atoms with E-state index in [4.69, 9.17) is 24.7 Å². The molecule has 4 aliphatic heterocycles. The van der Waals surface area contributed by atoms with Gasteiger partial charge in [-0.05, 0) is 109 Å². The second-order valence-corrected chi connectivity index (χ2v) is 17.6. The lowest BCUT2D eigenvalue weighted by Crippen LogP contribution is -2.75. The molecule has 4 fully saturated rings. The van der Waals surface area contributed by atoms with Crippen LogP contribution in [0.3, 0.4) is 0 Å². The zero-order chi connectivity index (χ0) is 40.5. The molecule has 12 heteroatoms. The Hall–Kier alpha value is -4.31. The van der Waals surface area contributed by atoms with E-state index >= 15 is 4.79 Å². The van der Waals surface area contributed by atoms with E-state index in [1.54, 1.807) is 13.0 Å². The number of alkyl halides is 1. The predicted molar refractivity (Wildman–Crippen MR) is 217 cm³/mol. The number of aliphatic hydroxyl groups excluding tert-OH is 1. The van der Waals surface area contributed by atoms with Crippen molar-refractivity contribution >= 4 is 39.4 Å². The van der Waals surface area contributed by atoms with Crippen LogP contribution in [-0.4, -0.2) is 57.9 Å². The van der Waals surface area contributed by atoms with E-state index in [9.17, 15) is 15.2 Å². The number of carbonyl (C=O) groups is 2. The summed E-state index contributed by atoms with van der Waals surface area (Å²) < 4.78 is 28.4. The molecule has 6 atom stereocenters. The molecule has 3 aliphatic carbocycles. The number of amides is 1. The minimum atomic E-state index is -1.56. The van der Waals surface area contributed by atoms with Crippen molar-refractivity contribution in [2.75, 3.05) is 18.7 Å². The predicted octanol–water partition coefficient (Wildman–Crippen LogP) is 6.80. The number of nitrogens with two attached hydrogens (primary N) is 1. The Morgan fingerprint density at radius 3 is 2.54 bits per heavy atom. The van der Waals surface area contributed by atoms with Crippen LogP contribution < -0.4 is 30.6 Å². The van der Waals surface area contributed by atoms with Crippen LogP contribution in [0.4, 0.5) is 0 Å². The molecule has 1 saturated heterocycles. The van der Waals surface area contributed by atoms with Gasteiger partial charge in [0.2, 0.25) is 5.91 Å². The third-order valence-electron chi connectivity index (χ3n) is 12.5. The molecular weight excluding hydrogens is 776 g/mol. The summed E-state index contributed by atoms with van der Waals surface area (Å²) in [6.45, 7) is 15.9. The van der Waals surface area contributed by atoms with Crippen LogP contribution >= 0.6 is 15.9 Å². The number of ketones is 1. The van der Waals surface area contributed by atoms with Gasteiger partial charge in [-0.1, -0.05) is 29.4 Å². The Balaban J connectivity index is 1.54. The Bertz CT molecular complexity index is 2130. The van der Waals surface area contributed by atoms with Crippen LogP contribution in [0.15, 0.2) is 58.0 Å². The zero-order valence-electron chi connectivity index (χ0n) is 33.6. The standard InChI is InChI=1S/C44H53BrN4O7/c1-23(2)10-9-15-42(8)16-14-27-35(54-42)26(12-11-24(3)4)37-32(36(27)53-22-45)34-33-31(29(21-46)39(47)49-34)28-20-30-41(6,7)56-43(38(28)51,44(30,33)55-37)17-13-25(5)40(52)48-18-19-50/h10-11,13-14,16,28,30-31,49-50H,9,12,15,17-20,22,47H2,1-8H3,(H,48,52)/b25-13-. The normalized spacial score (nSPS) is 29.9. The Morgan fingerprint density at radius 2 is 1.88 bits per heavy atom. The third-order valence-corrected chi connectivity index (χ3v) is 12.7. The van der Waals surface area contributed by atoms with Crippen molar-refractivity contribution in [3.05, 3.63) is 74.7 Å². The van der Waals surface area contributed by atoms with Gasteiger partial charge >= 0.3 is 0 Å². The van der Waals surface area contributed by atoms with Crippen LogP contribution in [0.5, 0.6) is 17.2 Å². The summed E-state index contributed by atoms with van der Waals surface area (Å²) in [6, 6.07) is 2.35. The van der Waals surface area contributed by atoms with Crippen molar-refractivity contribution < 1.29 is 33.6 Å². The fraction of sp³-hybridized carbons (Fsp3) is 0.523. The van der Waals surface area contributed by atoms with Crippen molar-refractivity contribution in [1.82, 2.24) is 10.6 Å². The van der Waals surface area contributed by atoms with Crippen molar-refractivity contribution in [2.45, 2.75) is 110 Å². The largest absolute Gasteiger partial charge is 0.482 e. The molecule has 56 heavy (non-hydrogen) atoms. The third kappa shape index (κ3) is 5.87. The van der Waals surface area contributed by atoms with E-state index in [-0.39, 0.29) is 48.5 Å². The van der Waals surface area contributed by atoms with Crippen LogP contribution in [0, 0.1) is 29.1 Å². The first kappa shape index (κ1) is 39.9. The quantitative estimate of drug-likeness (QED) is 0.100. The number of nitrogens with one attached hydrogen (secondary N) is 2. The molecular formula is C44H53BrN4O7. The lowest BCUT2D eigenvalue weighted by Gasteiger charge is -2.62. The molecule has 7 aliphatic rings. The van der Waals surface area contributed by atoms with E-state index in [2.05, 4.69) is 77.7 Å². The molecule has 11 nitrogen and oxygen atoms in total. The average molecular weight is 830 g/mol. The lowest BCUT2D eigenvalue weighted by atomic mass is 9.45. The highest BCUT2D eigenvalue weighted by molar-refractivity contribution is 9.09. The van der Waals surface area contributed by atoms with E-state index in [0.717, 1.165) is 35.1 Å². The number of Topliss-reactive ketones (excluding diaryl/α,β-unsaturated/α-hetero) is 1. The Kier molecular flexibility index (Phi) is 10.2. The maximum Gasteiger partial charge on any atom is 0.246 e. The number of dihydropyridines is 1. The molecule has 1 amide bonds. The second kappa shape index (κ2) is 14.3. The highest BCUT2D eigenvalue weighted by atomic mass is 79.9. The molecule has 8 rings (SSSR count). The summed E-state index contributed by atoms with van der Waals surface area (Å²) >= 11 is 3.53. The van der Waals surface area contributed by atoms with Crippen LogP contribution in [0.25, 0.3) is 11.8 Å². The Labute approximate surface area is 337 Å². The van der Waals surface area contributed by atoms with Gasteiger partial charge in [0.05, 0.1) is 40.7 Å². The maximum atomic E-state index is 15.3. The summed E-state index contributed by atoms with van der Waals surface area (Å²) in [5.41, 5.74) is 9.10. The number of rotatable bonds is 12. The number of aliphatic hydroxyl groups is 1. The summed E-state index contributed by atoms with van der Waals surface area (Å²) in [5, 5.41) is 26.1. The molecule has 3 saturated carbocycles. The minimum Gasteiger partial charge on any atom is -0.482 e. The Morgan fingerprint density at radius 1 is 1.14 bits per heavy atom. The highest BCUT2D eigenvalue weighted by Crippen LogP contribution is 2.73. The number of hydrogen-bond acceptors (Lipinski definition) is 10.